The van der Waals surface area contributed by atoms with Gasteiger partial charge in [0.05, 0.1) is 7.11 Å². The fraction of sp³-hybridized carbons (Fsp3) is 0.625. The van der Waals surface area contributed by atoms with Crippen LogP contribution in [0, 0.1) is 0 Å². The Balaban J connectivity index is 1.97. The fourth-order valence-electron chi connectivity index (χ4n) is 2.70. The predicted octanol–water partition coefficient (Wildman–Crippen LogP) is 3.93. The Morgan fingerprint density at radius 2 is 2.21 bits per heavy atom. The van der Waals surface area contributed by atoms with Crippen molar-refractivity contribution in [3.05, 3.63) is 29.3 Å². The molecular formula is C16H25NOS. The van der Waals surface area contributed by atoms with Gasteiger partial charge in [0.2, 0.25) is 0 Å². The monoisotopic (exact) mass is 279 g/mol. The minimum Gasteiger partial charge on any atom is -0.497 e. The van der Waals surface area contributed by atoms with Crippen LogP contribution in [0.1, 0.15) is 49.8 Å². The number of methoxy groups -OCH3 is 1. The summed E-state index contributed by atoms with van der Waals surface area (Å²) in [6.07, 6.45) is 6.27. The van der Waals surface area contributed by atoms with E-state index in [4.69, 9.17) is 10.5 Å². The van der Waals surface area contributed by atoms with Crippen LogP contribution in [0.2, 0.25) is 0 Å². The topological polar surface area (TPSA) is 35.2 Å². The lowest BCUT2D eigenvalue weighted by Gasteiger charge is -2.31. The first-order valence-electron chi connectivity index (χ1n) is 7.30. The van der Waals surface area contributed by atoms with Gasteiger partial charge >= 0.3 is 0 Å². The van der Waals surface area contributed by atoms with E-state index in [1.807, 2.05) is 6.07 Å². The lowest BCUT2D eigenvalue weighted by Crippen LogP contribution is -2.29. The van der Waals surface area contributed by atoms with Crippen molar-refractivity contribution in [2.24, 2.45) is 5.73 Å². The average molecular weight is 279 g/mol. The third kappa shape index (κ3) is 3.67. The second-order valence-corrected chi connectivity index (χ2v) is 6.59. The summed E-state index contributed by atoms with van der Waals surface area (Å²) in [7, 11) is 1.72. The highest BCUT2D eigenvalue weighted by molar-refractivity contribution is 7.99. The molecule has 0 amide bonds. The smallest absolute Gasteiger partial charge is 0.119 e. The number of fused-ring (bicyclic) bond motifs is 1. The van der Waals surface area contributed by atoms with Crippen molar-refractivity contribution in [1.82, 2.24) is 0 Å². The van der Waals surface area contributed by atoms with E-state index in [-0.39, 0.29) is 6.04 Å². The molecule has 0 aromatic heterocycles. The standard InChI is InChI=1S/C16H25NOS/c1-3-4-5-10-19-15-9-6-12-11-13(18-2)7-8-14(12)16(15)17/h7-8,11,15-16H,3-6,9-10,17H2,1-2H3. The zero-order chi connectivity index (χ0) is 13.7. The van der Waals surface area contributed by atoms with Gasteiger partial charge in [-0.05, 0) is 48.3 Å². The van der Waals surface area contributed by atoms with Crippen LogP contribution in [0.4, 0.5) is 0 Å². The lowest BCUT2D eigenvalue weighted by molar-refractivity contribution is 0.413. The number of nitrogens with two attached hydrogens (primary N) is 1. The molecule has 2 rings (SSSR count). The van der Waals surface area contributed by atoms with Gasteiger partial charge in [0, 0.05) is 11.3 Å². The molecule has 1 aliphatic rings. The first-order valence-corrected chi connectivity index (χ1v) is 8.35. The molecule has 0 saturated heterocycles. The van der Waals surface area contributed by atoms with Crippen LogP contribution in [-0.4, -0.2) is 18.1 Å². The number of aryl methyl sites for hydroxylation is 1. The van der Waals surface area contributed by atoms with Crippen molar-refractivity contribution in [2.45, 2.75) is 50.3 Å². The second kappa shape index (κ2) is 7.20. The van der Waals surface area contributed by atoms with Crippen LogP contribution in [0.3, 0.4) is 0 Å². The number of benzene rings is 1. The first kappa shape index (κ1) is 14.7. The van der Waals surface area contributed by atoms with E-state index >= 15 is 0 Å². The largest absolute Gasteiger partial charge is 0.497 e. The van der Waals surface area contributed by atoms with Gasteiger partial charge in [0.15, 0.2) is 0 Å². The van der Waals surface area contributed by atoms with Crippen LogP contribution in [0.15, 0.2) is 18.2 Å². The molecular weight excluding hydrogens is 254 g/mol. The highest BCUT2D eigenvalue weighted by Crippen LogP contribution is 2.37. The van der Waals surface area contributed by atoms with Crippen LogP contribution in [-0.2, 0) is 6.42 Å². The first-order chi connectivity index (χ1) is 9.26. The molecule has 1 aromatic rings. The van der Waals surface area contributed by atoms with E-state index in [0.717, 1.165) is 12.2 Å². The quantitative estimate of drug-likeness (QED) is 0.801. The van der Waals surface area contributed by atoms with Gasteiger partial charge in [-0.1, -0.05) is 25.8 Å². The van der Waals surface area contributed by atoms with E-state index in [1.165, 1.54) is 42.6 Å². The molecule has 0 heterocycles. The minimum atomic E-state index is 0.182. The predicted molar refractivity (Wildman–Crippen MR) is 84.0 cm³/mol. The van der Waals surface area contributed by atoms with E-state index in [2.05, 4.69) is 30.8 Å². The van der Waals surface area contributed by atoms with E-state index < -0.39 is 0 Å². The summed E-state index contributed by atoms with van der Waals surface area (Å²) in [5, 5.41) is 0.581. The summed E-state index contributed by atoms with van der Waals surface area (Å²) in [6, 6.07) is 6.51. The Labute approximate surface area is 121 Å². The van der Waals surface area contributed by atoms with Crippen molar-refractivity contribution < 1.29 is 4.74 Å². The zero-order valence-corrected chi connectivity index (χ0v) is 12.8. The maximum atomic E-state index is 6.44. The molecule has 0 radical (unpaired) electrons. The van der Waals surface area contributed by atoms with E-state index in [0.29, 0.717) is 5.25 Å². The second-order valence-electron chi connectivity index (χ2n) is 5.25. The summed E-state index contributed by atoms with van der Waals surface area (Å²) >= 11 is 2.06. The highest BCUT2D eigenvalue weighted by Gasteiger charge is 2.26. The van der Waals surface area contributed by atoms with Crippen molar-refractivity contribution in [3.63, 3.8) is 0 Å². The van der Waals surface area contributed by atoms with Crippen LogP contribution >= 0.6 is 11.8 Å². The molecule has 2 nitrogen and oxygen atoms in total. The van der Waals surface area contributed by atoms with Crippen LogP contribution in [0.25, 0.3) is 0 Å². The summed E-state index contributed by atoms with van der Waals surface area (Å²) in [6.45, 7) is 2.25. The van der Waals surface area contributed by atoms with Crippen LogP contribution in [0.5, 0.6) is 5.75 Å². The maximum Gasteiger partial charge on any atom is 0.119 e. The van der Waals surface area contributed by atoms with Crippen molar-refractivity contribution in [2.75, 3.05) is 12.9 Å². The molecule has 0 bridgehead atoms. The Bertz CT molecular complexity index is 408. The van der Waals surface area contributed by atoms with Gasteiger partial charge in [0.1, 0.15) is 5.75 Å². The molecule has 2 unspecified atom stereocenters. The van der Waals surface area contributed by atoms with Gasteiger partial charge in [-0.2, -0.15) is 11.8 Å². The molecule has 1 aromatic carbocycles. The summed E-state index contributed by atoms with van der Waals surface area (Å²) < 4.78 is 5.29. The third-order valence-corrected chi connectivity index (χ3v) is 5.37. The molecule has 2 N–H and O–H groups in total. The summed E-state index contributed by atoms with van der Waals surface area (Å²) in [5.74, 6) is 2.19. The Morgan fingerprint density at radius 1 is 1.37 bits per heavy atom. The van der Waals surface area contributed by atoms with Crippen LogP contribution < -0.4 is 10.5 Å². The number of thioether (sulfide) groups is 1. The van der Waals surface area contributed by atoms with Crippen molar-refractivity contribution in [3.8, 4) is 5.75 Å². The molecule has 2 atom stereocenters. The number of unbranched alkanes of at least 4 members (excludes halogenated alkanes) is 2. The lowest BCUT2D eigenvalue weighted by atomic mass is 9.87. The highest BCUT2D eigenvalue weighted by atomic mass is 32.2. The van der Waals surface area contributed by atoms with Gasteiger partial charge in [-0.15, -0.1) is 0 Å². The number of ether oxygens (including phenoxy) is 1. The Hall–Kier alpha value is -0.670. The van der Waals surface area contributed by atoms with Gasteiger partial charge < -0.3 is 10.5 Å². The SMILES string of the molecule is CCCCCSC1CCc2cc(OC)ccc2C1N. The molecule has 106 valence electrons. The molecule has 1 aliphatic carbocycles. The fourth-order valence-corrected chi connectivity index (χ4v) is 4.01. The van der Waals surface area contributed by atoms with Gasteiger partial charge in [-0.3, -0.25) is 0 Å². The number of rotatable bonds is 6. The Morgan fingerprint density at radius 3 is 2.95 bits per heavy atom. The normalized spacial score (nSPS) is 22.1. The summed E-state index contributed by atoms with van der Waals surface area (Å²) in [4.78, 5) is 0. The molecule has 0 aliphatic heterocycles. The van der Waals surface area contributed by atoms with Gasteiger partial charge in [0.25, 0.3) is 0 Å². The summed E-state index contributed by atoms with van der Waals surface area (Å²) in [5.41, 5.74) is 9.13. The van der Waals surface area contributed by atoms with E-state index in [1.54, 1.807) is 7.11 Å². The maximum absolute atomic E-state index is 6.44. The van der Waals surface area contributed by atoms with E-state index in [9.17, 15) is 0 Å². The zero-order valence-electron chi connectivity index (χ0n) is 12.0. The molecule has 3 heteroatoms. The number of hydrogen-bond acceptors (Lipinski definition) is 3. The van der Waals surface area contributed by atoms with Crippen molar-refractivity contribution >= 4 is 11.8 Å². The average Bonchev–Trinajstić information content (AvgIpc) is 2.45. The number of hydrogen-bond donors (Lipinski definition) is 1. The van der Waals surface area contributed by atoms with Gasteiger partial charge in [-0.25, -0.2) is 0 Å². The Kier molecular flexibility index (Phi) is 5.59. The molecule has 19 heavy (non-hydrogen) atoms. The van der Waals surface area contributed by atoms with Crippen molar-refractivity contribution in [1.29, 1.82) is 0 Å². The molecule has 0 fully saturated rings. The molecule has 0 spiro atoms. The third-order valence-electron chi connectivity index (χ3n) is 3.89. The molecule has 0 saturated carbocycles. The minimum absolute atomic E-state index is 0.182.